The van der Waals surface area contributed by atoms with Crippen molar-refractivity contribution in [3.63, 3.8) is 0 Å². The number of hydrogen-bond donors (Lipinski definition) is 1. The second kappa shape index (κ2) is 7.22. The van der Waals surface area contributed by atoms with Gasteiger partial charge in [0.15, 0.2) is 0 Å². The fraction of sp³-hybridized carbons (Fsp3) is 0.929. The van der Waals surface area contributed by atoms with Crippen LogP contribution >= 0.6 is 0 Å². The van der Waals surface area contributed by atoms with Crippen LogP contribution in [-0.4, -0.2) is 62.4 Å². The van der Waals surface area contributed by atoms with Crippen LogP contribution in [0.5, 0.6) is 0 Å². The van der Waals surface area contributed by atoms with Crippen LogP contribution in [0.3, 0.4) is 0 Å². The molecule has 0 bridgehead atoms. The van der Waals surface area contributed by atoms with Gasteiger partial charge in [-0.1, -0.05) is 0 Å². The van der Waals surface area contributed by atoms with Crippen LogP contribution in [0.2, 0.25) is 0 Å². The monoisotopic (exact) mass is 272 g/mol. The predicted octanol–water partition coefficient (Wildman–Crippen LogP) is 1.03. The van der Waals surface area contributed by atoms with E-state index in [2.05, 4.69) is 24.2 Å². The Balaban J connectivity index is 2.60. The van der Waals surface area contributed by atoms with Crippen molar-refractivity contribution in [1.29, 1.82) is 0 Å². The van der Waals surface area contributed by atoms with E-state index in [9.17, 15) is 4.79 Å². The first-order valence-electron chi connectivity index (χ1n) is 7.10. The van der Waals surface area contributed by atoms with Crippen LogP contribution in [0, 0.1) is 0 Å². The minimum absolute atomic E-state index is 0.180. The molecule has 0 aromatic carbocycles. The number of esters is 1. The van der Waals surface area contributed by atoms with Gasteiger partial charge in [0.25, 0.3) is 0 Å². The molecule has 0 radical (unpaired) electrons. The van der Waals surface area contributed by atoms with Crippen molar-refractivity contribution in [2.75, 3.05) is 33.9 Å². The van der Waals surface area contributed by atoms with Crippen molar-refractivity contribution in [2.45, 2.75) is 51.2 Å². The third kappa shape index (κ3) is 4.16. The fourth-order valence-electron chi connectivity index (χ4n) is 2.52. The average molecular weight is 272 g/mol. The molecule has 0 spiro atoms. The average Bonchev–Trinajstić information content (AvgIpc) is 2.91. The van der Waals surface area contributed by atoms with E-state index in [0.717, 1.165) is 26.1 Å². The zero-order chi connectivity index (χ0) is 14.5. The second-order valence-electron chi connectivity index (χ2n) is 5.54. The van der Waals surface area contributed by atoms with Crippen molar-refractivity contribution < 1.29 is 14.3 Å². The first kappa shape index (κ1) is 16.4. The summed E-state index contributed by atoms with van der Waals surface area (Å²) in [6, 6.07) is 0.742. The van der Waals surface area contributed by atoms with Gasteiger partial charge in [-0.3, -0.25) is 9.69 Å². The van der Waals surface area contributed by atoms with Gasteiger partial charge in [0.2, 0.25) is 0 Å². The molecule has 1 fully saturated rings. The maximum Gasteiger partial charge on any atom is 0.326 e. The van der Waals surface area contributed by atoms with E-state index >= 15 is 0 Å². The molecule has 5 heteroatoms. The van der Waals surface area contributed by atoms with Gasteiger partial charge in [0.1, 0.15) is 5.54 Å². The van der Waals surface area contributed by atoms with E-state index in [-0.39, 0.29) is 12.0 Å². The van der Waals surface area contributed by atoms with Gasteiger partial charge in [-0.2, -0.15) is 0 Å². The first-order valence-corrected chi connectivity index (χ1v) is 7.10. The Bertz CT molecular complexity index is 292. The lowest BCUT2D eigenvalue weighted by Crippen LogP contribution is -2.53. The Morgan fingerprint density at radius 3 is 2.79 bits per heavy atom. The van der Waals surface area contributed by atoms with Crippen molar-refractivity contribution in [1.82, 2.24) is 10.2 Å². The van der Waals surface area contributed by atoms with Gasteiger partial charge in [-0.15, -0.1) is 0 Å². The zero-order valence-electron chi connectivity index (χ0n) is 12.9. The molecule has 3 atom stereocenters. The molecule has 0 amide bonds. The summed E-state index contributed by atoms with van der Waals surface area (Å²) in [6.07, 6.45) is 1.78. The molecule has 1 aliphatic rings. The van der Waals surface area contributed by atoms with Crippen LogP contribution < -0.4 is 5.32 Å². The quantitative estimate of drug-likeness (QED) is 0.702. The number of rotatable bonds is 7. The maximum absolute atomic E-state index is 12.0. The molecule has 0 aromatic heterocycles. The number of likely N-dealkylation sites (N-methyl/N-ethyl adjacent to an activating group) is 2. The Kier molecular flexibility index (Phi) is 6.23. The van der Waals surface area contributed by atoms with Crippen molar-refractivity contribution >= 4 is 5.97 Å². The highest BCUT2D eigenvalue weighted by Gasteiger charge is 2.36. The van der Waals surface area contributed by atoms with Crippen molar-refractivity contribution in [3.05, 3.63) is 0 Å². The van der Waals surface area contributed by atoms with E-state index in [0.29, 0.717) is 12.6 Å². The van der Waals surface area contributed by atoms with E-state index in [1.165, 1.54) is 0 Å². The number of carbonyl (C=O) groups excluding carboxylic acids is 1. The number of ether oxygens (including phenoxy) is 2. The second-order valence-corrected chi connectivity index (χ2v) is 5.54. The van der Waals surface area contributed by atoms with Gasteiger partial charge in [0, 0.05) is 18.7 Å². The largest absolute Gasteiger partial charge is 0.465 e. The summed E-state index contributed by atoms with van der Waals surface area (Å²) < 4.78 is 10.6. The maximum atomic E-state index is 12.0. The Labute approximate surface area is 116 Å². The molecule has 5 nitrogen and oxygen atoms in total. The van der Waals surface area contributed by atoms with Gasteiger partial charge in [0.05, 0.1) is 13.2 Å². The fourth-order valence-corrected chi connectivity index (χ4v) is 2.52. The van der Waals surface area contributed by atoms with Crippen LogP contribution in [0.15, 0.2) is 0 Å². The smallest absolute Gasteiger partial charge is 0.326 e. The Hall–Kier alpha value is -0.650. The molecule has 112 valence electrons. The van der Waals surface area contributed by atoms with E-state index < -0.39 is 5.54 Å². The minimum atomic E-state index is -0.636. The van der Waals surface area contributed by atoms with Crippen LogP contribution in [0.25, 0.3) is 0 Å². The highest BCUT2D eigenvalue weighted by atomic mass is 16.5. The van der Waals surface area contributed by atoms with Crippen LogP contribution in [0.4, 0.5) is 0 Å². The van der Waals surface area contributed by atoms with Gasteiger partial charge >= 0.3 is 5.97 Å². The molecular weight excluding hydrogens is 244 g/mol. The number of nitrogens with one attached hydrogen (secondary N) is 1. The Morgan fingerprint density at radius 1 is 1.63 bits per heavy atom. The van der Waals surface area contributed by atoms with E-state index in [1.807, 2.05) is 20.9 Å². The Morgan fingerprint density at radius 2 is 2.32 bits per heavy atom. The summed E-state index contributed by atoms with van der Waals surface area (Å²) in [5, 5.41) is 3.11. The number of nitrogens with zero attached hydrogens (tertiary/aromatic N) is 1. The summed E-state index contributed by atoms with van der Waals surface area (Å²) >= 11 is 0. The first-order chi connectivity index (χ1) is 8.94. The minimum Gasteiger partial charge on any atom is -0.465 e. The highest BCUT2D eigenvalue weighted by Crippen LogP contribution is 2.21. The SMILES string of the molecule is CCOC(=O)C(C)(CC(C)N(C)C1CCOC1)NC. The summed E-state index contributed by atoms with van der Waals surface area (Å²) in [7, 11) is 3.91. The molecule has 0 aromatic rings. The molecule has 1 rings (SSSR count). The predicted molar refractivity (Wildman–Crippen MR) is 75.2 cm³/mol. The number of carbonyl (C=O) groups is 1. The molecule has 3 unspecified atom stereocenters. The lowest BCUT2D eigenvalue weighted by Gasteiger charge is -2.36. The molecule has 1 N–H and O–H groups in total. The summed E-state index contributed by atoms with van der Waals surface area (Å²) in [5.41, 5.74) is -0.636. The molecule has 1 heterocycles. The van der Waals surface area contributed by atoms with E-state index in [1.54, 1.807) is 0 Å². The molecule has 1 aliphatic heterocycles. The summed E-state index contributed by atoms with van der Waals surface area (Å²) in [6.45, 7) is 7.92. The van der Waals surface area contributed by atoms with Crippen LogP contribution in [-0.2, 0) is 14.3 Å². The molecule has 0 saturated carbocycles. The number of hydrogen-bond acceptors (Lipinski definition) is 5. The van der Waals surface area contributed by atoms with Gasteiger partial charge in [-0.05, 0) is 47.7 Å². The molecule has 1 saturated heterocycles. The standard InChI is InChI=1S/C14H28N2O3/c1-6-19-13(17)14(3,15-4)9-11(2)16(5)12-7-8-18-10-12/h11-12,15H,6-10H2,1-5H3. The molecular formula is C14H28N2O3. The highest BCUT2D eigenvalue weighted by molar-refractivity contribution is 5.80. The van der Waals surface area contributed by atoms with Crippen molar-refractivity contribution in [2.24, 2.45) is 0 Å². The third-order valence-electron chi connectivity index (χ3n) is 4.16. The van der Waals surface area contributed by atoms with Crippen molar-refractivity contribution in [3.8, 4) is 0 Å². The third-order valence-corrected chi connectivity index (χ3v) is 4.16. The molecule has 0 aliphatic carbocycles. The normalized spacial score (nSPS) is 24.2. The molecule has 19 heavy (non-hydrogen) atoms. The lowest BCUT2D eigenvalue weighted by atomic mass is 9.92. The topological polar surface area (TPSA) is 50.8 Å². The lowest BCUT2D eigenvalue weighted by molar-refractivity contribution is -0.151. The summed E-state index contributed by atoms with van der Waals surface area (Å²) in [4.78, 5) is 14.4. The van der Waals surface area contributed by atoms with Crippen LogP contribution in [0.1, 0.15) is 33.6 Å². The van der Waals surface area contributed by atoms with E-state index in [4.69, 9.17) is 9.47 Å². The van der Waals surface area contributed by atoms with Gasteiger partial charge in [-0.25, -0.2) is 0 Å². The summed E-state index contributed by atoms with van der Waals surface area (Å²) in [5.74, 6) is -0.180. The van der Waals surface area contributed by atoms with Gasteiger partial charge < -0.3 is 14.8 Å². The zero-order valence-corrected chi connectivity index (χ0v) is 12.9.